The molecular formula is C22H35N3O3. The third kappa shape index (κ3) is 7.89. The lowest BCUT2D eigenvalue weighted by molar-refractivity contribution is -0.149. The number of guanidine groups is 1. The van der Waals surface area contributed by atoms with E-state index in [2.05, 4.69) is 41.4 Å². The number of aliphatic imine (C=N–C) groups is 1. The summed E-state index contributed by atoms with van der Waals surface area (Å²) in [6, 6.07) is 10.4. The Morgan fingerprint density at radius 2 is 1.93 bits per heavy atom. The molecule has 1 aromatic rings. The minimum Gasteiger partial charge on any atom is -0.466 e. The number of rotatable bonds is 10. The van der Waals surface area contributed by atoms with E-state index in [9.17, 15) is 4.79 Å². The SMILES string of the molecule is CCNC(=NCCCOCCc1ccccc1)N1CCC(C(=O)OCC)CC1. The lowest BCUT2D eigenvalue weighted by atomic mass is 9.97. The molecule has 1 heterocycles. The van der Waals surface area contributed by atoms with Gasteiger partial charge in [0.05, 0.1) is 19.1 Å². The Morgan fingerprint density at radius 1 is 1.18 bits per heavy atom. The number of ether oxygens (including phenoxy) is 2. The number of esters is 1. The highest BCUT2D eigenvalue weighted by Crippen LogP contribution is 2.18. The van der Waals surface area contributed by atoms with E-state index in [4.69, 9.17) is 14.5 Å². The molecule has 1 saturated heterocycles. The van der Waals surface area contributed by atoms with Gasteiger partial charge in [-0.15, -0.1) is 0 Å². The van der Waals surface area contributed by atoms with Crippen molar-refractivity contribution in [3.05, 3.63) is 35.9 Å². The van der Waals surface area contributed by atoms with Gasteiger partial charge in [0.25, 0.3) is 0 Å². The molecule has 156 valence electrons. The summed E-state index contributed by atoms with van der Waals surface area (Å²) < 4.78 is 10.9. The molecule has 2 rings (SSSR count). The summed E-state index contributed by atoms with van der Waals surface area (Å²) in [6.07, 6.45) is 3.50. The van der Waals surface area contributed by atoms with Gasteiger partial charge in [0.15, 0.2) is 5.96 Å². The number of piperidine rings is 1. The van der Waals surface area contributed by atoms with Crippen molar-refractivity contribution in [3.63, 3.8) is 0 Å². The lowest BCUT2D eigenvalue weighted by Gasteiger charge is -2.33. The van der Waals surface area contributed by atoms with E-state index >= 15 is 0 Å². The van der Waals surface area contributed by atoms with Gasteiger partial charge in [-0.3, -0.25) is 9.79 Å². The maximum atomic E-state index is 11.9. The van der Waals surface area contributed by atoms with Crippen molar-refractivity contribution in [2.24, 2.45) is 10.9 Å². The van der Waals surface area contributed by atoms with Gasteiger partial charge >= 0.3 is 5.97 Å². The Kier molecular flexibility index (Phi) is 10.4. The maximum absolute atomic E-state index is 11.9. The molecule has 0 aromatic heterocycles. The second kappa shape index (κ2) is 13.2. The van der Waals surface area contributed by atoms with Crippen LogP contribution >= 0.6 is 0 Å². The number of hydrogen-bond donors (Lipinski definition) is 1. The van der Waals surface area contributed by atoms with Crippen LogP contribution in [0.4, 0.5) is 0 Å². The van der Waals surface area contributed by atoms with Gasteiger partial charge in [-0.25, -0.2) is 0 Å². The number of carbonyl (C=O) groups excluding carboxylic acids is 1. The first kappa shape index (κ1) is 22.2. The molecule has 1 aromatic carbocycles. The molecule has 1 N–H and O–H groups in total. The first-order valence-electron chi connectivity index (χ1n) is 10.6. The van der Waals surface area contributed by atoms with Crippen LogP contribution in [-0.4, -0.2) is 62.8 Å². The Hall–Kier alpha value is -2.08. The zero-order valence-electron chi connectivity index (χ0n) is 17.4. The minimum absolute atomic E-state index is 0.0251. The molecule has 0 spiro atoms. The Morgan fingerprint density at radius 3 is 2.61 bits per heavy atom. The fourth-order valence-electron chi connectivity index (χ4n) is 3.30. The van der Waals surface area contributed by atoms with Crippen LogP contribution in [-0.2, 0) is 20.7 Å². The van der Waals surface area contributed by atoms with Gasteiger partial charge in [0.2, 0.25) is 0 Å². The van der Waals surface area contributed by atoms with Gasteiger partial charge < -0.3 is 19.7 Å². The van der Waals surface area contributed by atoms with E-state index in [1.54, 1.807) is 0 Å². The lowest BCUT2D eigenvalue weighted by Crippen LogP contribution is -2.46. The zero-order valence-corrected chi connectivity index (χ0v) is 17.4. The molecule has 28 heavy (non-hydrogen) atoms. The molecule has 0 radical (unpaired) electrons. The van der Waals surface area contributed by atoms with Gasteiger partial charge in [0, 0.05) is 32.8 Å². The van der Waals surface area contributed by atoms with E-state index < -0.39 is 0 Å². The van der Waals surface area contributed by atoms with Gasteiger partial charge in [-0.05, 0) is 45.1 Å². The van der Waals surface area contributed by atoms with E-state index in [-0.39, 0.29) is 11.9 Å². The normalized spacial score (nSPS) is 15.5. The molecule has 1 fully saturated rings. The van der Waals surface area contributed by atoms with Crippen molar-refractivity contribution in [2.45, 2.75) is 39.5 Å². The number of nitrogens with one attached hydrogen (secondary N) is 1. The zero-order chi connectivity index (χ0) is 20.0. The van der Waals surface area contributed by atoms with Crippen LogP contribution in [0, 0.1) is 5.92 Å². The molecule has 0 aliphatic carbocycles. The second-order valence-electron chi connectivity index (χ2n) is 6.95. The molecule has 0 atom stereocenters. The summed E-state index contributed by atoms with van der Waals surface area (Å²) in [4.78, 5) is 18.9. The summed E-state index contributed by atoms with van der Waals surface area (Å²) in [5, 5.41) is 3.36. The highest BCUT2D eigenvalue weighted by atomic mass is 16.5. The molecule has 0 unspecified atom stereocenters. The summed E-state index contributed by atoms with van der Waals surface area (Å²) in [5.74, 6) is 0.905. The van der Waals surface area contributed by atoms with Crippen molar-refractivity contribution < 1.29 is 14.3 Å². The average molecular weight is 390 g/mol. The summed E-state index contributed by atoms with van der Waals surface area (Å²) >= 11 is 0. The van der Waals surface area contributed by atoms with Crippen LogP contribution in [0.15, 0.2) is 35.3 Å². The van der Waals surface area contributed by atoms with E-state index in [0.717, 1.165) is 71.0 Å². The van der Waals surface area contributed by atoms with E-state index in [1.165, 1.54) is 5.56 Å². The summed E-state index contributed by atoms with van der Waals surface area (Å²) in [6.45, 7) is 9.11. The van der Waals surface area contributed by atoms with E-state index in [0.29, 0.717) is 6.61 Å². The molecule has 0 saturated carbocycles. The Labute approximate surface area is 169 Å². The predicted molar refractivity (Wildman–Crippen MR) is 112 cm³/mol. The van der Waals surface area contributed by atoms with Crippen LogP contribution in [0.5, 0.6) is 0 Å². The first-order valence-corrected chi connectivity index (χ1v) is 10.6. The highest BCUT2D eigenvalue weighted by Gasteiger charge is 2.27. The number of carbonyl (C=O) groups is 1. The molecule has 6 nitrogen and oxygen atoms in total. The second-order valence-corrected chi connectivity index (χ2v) is 6.95. The van der Waals surface area contributed by atoms with E-state index in [1.807, 2.05) is 13.0 Å². The number of benzene rings is 1. The highest BCUT2D eigenvalue weighted by molar-refractivity contribution is 5.80. The van der Waals surface area contributed by atoms with Crippen LogP contribution in [0.25, 0.3) is 0 Å². The minimum atomic E-state index is -0.0586. The Bertz CT molecular complexity index is 584. The fraction of sp³-hybridized carbons (Fsp3) is 0.636. The van der Waals surface area contributed by atoms with Crippen LogP contribution in [0.3, 0.4) is 0 Å². The molecule has 0 amide bonds. The van der Waals surface area contributed by atoms with Crippen molar-refractivity contribution in [2.75, 3.05) is 46.0 Å². The van der Waals surface area contributed by atoms with Crippen LogP contribution in [0.1, 0.15) is 38.7 Å². The first-order chi connectivity index (χ1) is 13.7. The summed E-state index contributed by atoms with van der Waals surface area (Å²) in [5.41, 5.74) is 1.31. The topological polar surface area (TPSA) is 63.2 Å². The predicted octanol–water partition coefficient (Wildman–Crippen LogP) is 2.88. The molecule has 1 aliphatic rings. The number of nitrogens with zero attached hydrogens (tertiary/aromatic N) is 2. The van der Waals surface area contributed by atoms with Crippen molar-refractivity contribution in [1.82, 2.24) is 10.2 Å². The van der Waals surface area contributed by atoms with Gasteiger partial charge in [-0.1, -0.05) is 30.3 Å². The monoisotopic (exact) mass is 389 g/mol. The van der Waals surface area contributed by atoms with Crippen LogP contribution < -0.4 is 5.32 Å². The number of hydrogen-bond acceptors (Lipinski definition) is 4. The maximum Gasteiger partial charge on any atom is 0.309 e. The average Bonchev–Trinajstić information content (AvgIpc) is 2.73. The molecule has 0 bridgehead atoms. The summed E-state index contributed by atoms with van der Waals surface area (Å²) in [7, 11) is 0. The van der Waals surface area contributed by atoms with Gasteiger partial charge in [-0.2, -0.15) is 0 Å². The third-order valence-corrected chi connectivity index (χ3v) is 4.84. The smallest absolute Gasteiger partial charge is 0.309 e. The third-order valence-electron chi connectivity index (χ3n) is 4.84. The largest absolute Gasteiger partial charge is 0.466 e. The van der Waals surface area contributed by atoms with Gasteiger partial charge in [0.1, 0.15) is 0 Å². The van der Waals surface area contributed by atoms with Crippen molar-refractivity contribution >= 4 is 11.9 Å². The Balaban J connectivity index is 1.65. The fourth-order valence-corrected chi connectivity index (χ4v) is 3.30. The van der Waals surface area contributed by atoms with Crippen LogP contribution in [0.2, 0.25) is 0 Å². The quantitative estimate of drug-likeness (QED) is 0.289. The molecule has 6 heteroatoms. The molecular weight excluding hydrogens is 354 g/mol. The standard InChI is InChI=1S/C22H35N3O3/c1-3-23-22(25-15-11-20(12-16-25)21(26)28-4-2)24-14-8-17-27-18-13-19-9-6-5-7-10-19/h5-7,9-10,20H,3-4,8,11-18H2,1-2H3,(H,23,24). The van der Waals surface area contributed by atoms with Crippen molar-refractivity contribution in [1.29, 1.82) is 0 Å². The number of likely N-dealkylation sites (tertiary alicyclic amines) is 1. The van der Waals surface area contributed by atoms with Crippen molar-refractivity contribution in [3.8, 4) is 0 Å². The molecule has 1 aliphatic heterocycles.